The molecular weight excluding hydrogens is 368 g/mol. The lowest BCUT2D eigenvalue weighted by Gasteiger charge is -2.32. The molecule has 1 N–H and O–H groups in total. The highest BCUT2D eigenvalue weighted by atomic mass is 32.2. The number of likely N-dealkylation sites (tertiary alicyclic amines) is 1. The summed E-state index contributed by atoms with van der Waals surface area (Å²) in [6.07, 6.45) is 3.11. The molecule has 8 heteroatoms. The van der Waals surface area contributed by atoms with E-state index in [1.807, 2.05) is 6.92 Å². The fraction of sp³-hybridized carbons (Fsp3) is 0.579. The summed E-state index contributed by atoms with van der Waals surface area (Å²) in [5.41, 5.74) is 1.01. The molecule has 0 radical (unpaired) electrons. The molecule has 0 spiro atoms. The molecule has 2 unspecified atom stereocenters. The standard InChI is InChI=1S/C19H26N2O5S/c1-13-6-7-16(27(25,26)21-9-4-3-5-14(21)2)11-17(13)18(22)20-10-8-15(12-20)19(23)24/h6-7,11,14-15H,3-5,8-10,12H2,1-2H3,(H,23,24). The Bertz CT molecular complexity index is 852. The lowest BCUT2D eigenvalue weighted by Crippen LogP contribution is -2.42. The number of carboxylic acid groups (broad SMARTS) is 1. The third kappa shape index (κ3) is 3.87. The number of rotatable bonds is 4. The van der Waals surface area contributed by atoms with Gasteiger partial charge < -0.3 is 10.0 Å². The van der Waals surface area contributed by atoms with Crippen LogP contribution in [0.4, 0.5) is 0 Å². The van der Waals surface area contributed by atoms with Crippen LogP contribution in [0.3, 0.4) is 0 Å². The summed E-state index contributed by atoms with van der Waals surface area (Å²) in [6.45, 7) is 4.70. The SMILES string of the molecule is Cc1ccc(S(=O)(=O)N2CCCCC2C)cc1C(=O)N1CCC(C(=O)O)C1. The van der Waals surface area contributed by atoms with Crippen LogP contribution in [0.1, 0.15) is 48.5 Å². The van der Waals surface area contributed by atoms with Crippen LogP contribution in [0.15, 0.2) is 23.1 Å². The van der Waals surface area contributed by atoms with Crippen LogP contribution < -0.4 is 0 Å². The molecule has 1 aromatic rings. The molecule has 1 amide bonds. The van der Waals surface area contributed by atoms with Gasteiger partial charge in [-0.1, -0.05) is 12.5 Å². The summed E-state index contributed by atoms with van der Waals surface area (Å²) in [5, 5.41) is 9.14. The maximum Gasteiger partial charge on any atom is 0.308 e. The number of carbonyl (C=O) groups excluding carboxylic acids is 1. The zero-order valence-corrected chi connectivity index (χ0v) is 16.5. The molecule has 3 rings (SSSR count). The first kappa shape index (κ1) is 19.8. The maximum atomic E-state index is 13.1. The van der Waals surface area contributed by atoms with Crippen LogP contribution in [0.2, 0.25) is 0 Å². The molecular formula is C19H26N2O5S. The highest BCUT2D eigenvalue weighted by Gasteiger charge is 2.34. The van der Waals surface area contributed by atoms with Crippen molar-refractivity contribution < 1.29 is 23.1 Å². The number of carbonyl (C=O) groups is 2. The van der Waals surface area contributed by atoms with Crippen LogP contribution in [-0.4, -0.2) is 60.3 Å². The van der Waals surface area contributed by atoms with E-state index in [1.165, 1.54) is 15.3 Å². The lowest BCUT2D eigenvalue weighted by molar-refractivity contribution is -0.141. The molecule has 2 aliphatic rings. The lowest BCUT2D eigenvalue weighted by atomic mass is 10.1. The van der Waals surface area contributed by atoms with E-state index in [-0.39, 0.29) is 23.4 Å². The van der Waals surface area contributed by atoms with E-state index in [1.54, 1.807) is 19.1 Å². The van der Waals surface area contributed by atoms with Gasteiger partial charge in [-0.15, -0.1) is 0 Å². The third-order valence-electron chi connectivity index (χ3n) is 5.61. The van der Waals surface area contributed by atoms with Crippen molar-refractivity contribution in [2.75, 3.05) is 19.6 Å². The second-order valence-electron chi connectivity index (χ2n) is 7.51. The number of aliphatic carboxylic acids is 1. The summed E-state index contributed by atoms with van der Waals surface area (Å²) >= 11 is 0. The fourth-order valence-corrected chi connectivity index (χ4v) is 5.60. The van der Waals surface area contributed by atoms with Crippen molar-refractivity contribution in [3.05, 3.63) is 29.3 Å². The molecule has 2 aliphatic heterocycles. The zero-order chi connectivity index (χ0) is 19.8. The Morgan fingerprint density at radius 3 is 2.52 bits per heavy atom. The second-order valence-corrected chi connectivity index (χ2v) is 9.40. The van der Waals surface area contributed by atoms with Gasteiger partial charge in [0.15, 0.2) is 0 Å². The van der Waals surface area contributed by atoms with Crippen molar-refractivity contribution >= 4 is 21.9 Å². The summed E-state index contributed by atoms with van der Waals surface area (Å²) in [4.78, 5) is 25.6. The Labute approximate surface area is 160 Å². The molecule has 2 heterocycles. The number of sulfonamides is 1. The number of aryl methyl sites for hydroxylation is 1. The quantitative estimate of drug-likeness (QED) is 0.844. The molecule has 2 fully saturated rings. The topological polar surface area (TPSA) is 95.0 Å². The summed E-state index contributed by atoms with van der Waals surface area (Å²) < 4.78 is 27.7. The van der Waals surface area contributed by atoms with Gasteiger partial charge in [0.2, 0.25) is 10.0 Å². The Morgan fingerprint density at radius 2 is 1.89 bits per heavy atom. The first-order valence-corrected chi connectivity index (χ1v) is 10.8. The van der Waals surface area contributed by atoms with Crippen LogP contribution in [0.25, 0.3) is 0 Å². The van der Waals surface area contributed by atoms with Crippen molar-refractivity contribution in [3.8, 4) is 0 Å². The van der Waals surface area contributed by atoms with Crippen LogP contribution in [0, 0.1) is 12.8 Å². The number of hydrogen-bond acceptors (Lipinski definition) is 4. The van der Waals surface area contributed by atoms with Gasteiger partial charge in [0.05, 0.1) is 10.8 Å². The predicted octanol–water partition coefficient (Wildman–Crippen LogP) is 2.10. The second kappa shape index (κ2) is 7.59. The Balaban J connectivity index is 1.88. The van der Waals surface area contributed by atoms with E-state index in [4.69, 9.17) is 5.11 Å². The van der Waals surface area contributed by atoms with Gasteiger partial charge >= 0.3 is 5.97 Å². The molecule has 148 valence electrons. The smallest absolute Gasteiger partial charge is 0.308 e. The summed E-state index contributed by atoms with van der Waals surface area (Å²) in [7, 11) is -3.66. The number of nitrogens with zero attached hydrogens (tertiary/aromatic N) is 2. The van der Waals surface area contributed by atoms with E-state index >= 15 is 0 Å². The molecule has 27 heavy (non-hydrogen) atoms. The van der Waals surface area contributed by atoms with E-state index < -0.39 is 21.9 Å². The van der Waals surface area contributed by atoms with Crippen molar-refractivity contribution in [3.63, 3.8) is 0 Å². The molecule has 7 nitrogen and oxygen atoms in total. The monoisotopic (exact) mass is 394 g/mol. The van der Waals surface area contributed by atoms with Gasteiger partial charge in [-0.3, -0.25) is 9.59 Å². The Hall–Kier alpha value is -1.93. The van der Waals surface area contributed by atoms with E-state index in [9.17, 15) is 18.0 Å². The zero-order valence-electron chi connectivity index (χ0n) is 15.7. The first-order valence-electron chi connectivity index (χ1n) is 9.36. The van der Waals surface area contributed by atoms with Crippen molar-refractivity contribution in [1.29, 1.82) is 0 Å². The molecule has 2 atom stereocenters. The highest BCUT2D eigenvalue weighted by Crippen LogP contribution is 2.27. The number of benzene rings is 1. The summed E-state index contributed by atoms with van der Waals surface area (Å²) in [6, 6.07) is 4.59. The molecule has 0 aliphatic carbocycles. The highest BCUT2D eigenvalue weighted by molar-refractivity contribution is 7.89. The number of piperidine rings is 1. The molecule has 0 saturated carbocycles. The molecule has 1 aromatic carbocycles. The van der Waals surface area contributed by atoms with Crippen LogP contribution in [0.5, 0.6) is 0 Å². The van der Waals surface area contributed by atoms with Gasteiger partial charge in [-0.25, -0.2) is 8.42 Å². The normalized spacial score (nSPS) is 24.1. The minimum Gasteiger partial charge on any atom is -0.481 e. The minimum absolute atomic E-state index is 0.0564. The first-order chi connectivity index (χ1) is 12.7. The van der Waals surface area contributed by atoms with E-state index in [0.717, 1.165) is 19.3 Å². The van der Waals surface area contributed by atoms with Crippen LogP contribution in [-0.2, 0) is 14.8 Å². The van der Waals surface area contributed by atoms with Crippen molar-refractivity contribution in [2.45, 2.75) is 50.5 Å². The predicted molar refractivity (Wildman–Crippen MR) is 100 cm³/mol. The Kier molecular flexibility index (Phi) is 5.58. The molecule has 2 saturated heterocycles. The number of hydrogen-bond donors (Lipinski definition) is 1. The average molecular weight is 394 g/mol. The molecule has 0 bridgehead atoms. The summed E-state index contributed by atoms with van der Waals surface area (Å²) in [5.74, 6) is -1.77. The third-order valence-corrected chi connectivity index (χ3v) is 7.62. The van der Waals surface area contributed by atoms with Gasteiger partial charge in [0.25, 0.3) is 5.91 Å². The van der Waals surface area contributed by atoms with Gasteiger partial charge in [-0.2, -0.15) is 4.31 Å². The number of amides is 1. The van der Waals surface area contributed by atoms with E-state index in [0.29, 0.717) is 30.6 Å². The fourth-order valence-electron chi connectivity index (χ4n) is 3.87. The molecule has 0 aromatic heterocycles. The Morgan fingerprint density at radius 1 is 1.15 bits per heavy atom. The maximum absolute atomic E-state index is 13.1. The van der Waals surface area contributed by atoms with Crippen molar-refractivity contribution in [2.24, 2.45) is 5.92 Å². The average Bonchev–Trinajstić information content (AvgIpc) is 3.12. The van der Waals surface area contributed by atoms with Gasteiger partial charge in [0, 0.05) is 31.2 Å². The van der Waals surface area contributed by atoms with Gasteiger partial charge in [0.1, 0.15) is 0 Å². The van der Waals surface area contributed by atoms with E-state index in [2.05, 4.69) is 0 Å². The van der Waals surface area contributed by atoms with Gasteiger partial charge in [-0.05, 0) is 50.8 Å². The largest absolute Gasteiger partial charge is 0.481 e. The minimum atomic E-state index is -3.66. The number of carboxylic acids is 1. The van der Waals surface area contributed by atoms with Crippen LogP contribution >= 0.6 is 0 Å². The van der Waals surface area contributed by atoms with Crippen molar-refractivity contribution in [1.82, 2.24) is 9.21 Å².